The van der Waals surface area contributed by atoms with Gasteiger partial charge in [-0.2, -0.15) is 0 Å². The van der Waals surface area contributed by atoms with E-state index in [1.807, 2.05) is 18.2 Å². The summed E-state index contributed by atoms with van der Waals surface area (Å²) in [6, 6.07) is 9.82. The molecule has 2 atom stereocenters. The maximum Gasteiger partial charge on any atom is 0.322 e. The third-order valence-electron chi connectivity index (χ3n) is 8.82. The smallest absolute Gasteiger partial charge is 0.322 e. The molecular weight excluding hydrogens is 625 g/mol. The molecule has 3 fully saturated rings. The molecule has 2 saturated heterocycles. The number of nitrogens with zero attached hydrogens (tertiary/aromatic N) is 3. The predicted molar refractivity (Wildman–Crippen MR) is 169 cm³/mol. The van der Waals surface area contributed by atoms with Gasteiger partial charge >= 0.3 is 5.97 Å². The first-order valence-electron chi connectivity index (χ1n) is 14.7. The number of aromatic nitrogens is 2. The number of anilines is 1. The first-order chi connectivity index (χ1) is 21.3. The fourth-order valence-corrected chi connectivity index (χ4v) is 8.37. The number of hydrogen-bond donors (Lipinski definition) is 3. The van der Waals surface area contributed by atoms with Gasteiger partial charge < -0.3 is 29.9 Å². The van der Waals surface area contributed by atoms with E-state index in [9.17, 15) is 9.59 Å². The molecule has 3 N–H and O–H groups in total. The number of carboxylic acid groups (broad SMARTS) is 1. The van der Waals surface area contributed by atoms with Gasteiger partial charge in [0.1, 0.15) is 29.3 Å². The second-order valence-corrected chi connectivity index (χ2v) is 13.5. The number of fused-ring (bicyclic) bond motifs is 3. The van der Waals surface area contributed by atoms with Crippen LogP contribution in [0.25, 0.3) is 21.5 Å². The second kappa shape index (κ2) is 11.8. The number of ether oxygens (including phenoxy) is 1. The number of carbonyl (C=O) groups excluding carboxylic acids is 1. The minimum absolute atomic E-state index is 0.314. The number of nitrogens with one attached hydrogen (secondary N) is 2. The molecule has 44 heavy (non-hydrogen) atoms. The Balaban J connectivity index is 1.09. The fourth-order valence-electron chi connectivity index (χ4n) is 6.62. The lowest BCUT2D eigenvalue weighted by Crippen LogP contribution is -2.49. The molecule has 2 unspecified atom stereocenters. The van der Waals surface area contributed by atoms with Gasteiger partial charge in [0.25, 0.3) is 5.91 Å². The molecule has 4 aromatic rings. The Hall–Kier alpha value is -3.38. The quantitative estimate of drug-likeness (QED) is 0.181. The highest BCUT2D eigenvalue weighted by Crippen LogP contribution is 2.47. The predicted octanol–water partition coefficient (Wildman–Crippen LogP) is 6.25. The highest BCUT2D eigenvalue weighted by molar-refractivity contribution is 7.22. The molecule has 2 aliphatic heterocycles. The van der Waals surface area contributed by atoms with Gasteiger partial charge in [0.05, 0.1) is 21.9 Å². The van der Waals surface area contributed by atoms with E-state index in [4.69, 9.17) is 42.6 Å². The van der Waals surface area contributed by atoms with Crippen molar-refractivity contribution in [1.82, 2.24) is 20.8 Å². The molecule has 0 radical (unpaired) electrons. The Bertz CT molecular complexity index is 1720. The lowest BCUT2D eigenvalue weighted by Gasteiger charge is -2.39. The first kappa shape index (κ1) is 29.3. The van der Waals surface area contributed by atoms with Crippen LogP contribution in [0.1, 0.15) is 66.1 Å². The van der Waals surface area contributed by atoms with Crippen molar-refractivity contribution in [2.45, 2.75) is 69.1 Å². The number of methoxy groups -OCH3 is 1. The summed E-state index contributed by atoms with van der Waals surface area (Å²) in [6.45, 7) is 0.176. The van der Waals surface area contributed by atoms with Gasteiger partial charge in [-0.25, -0.2) is 4.98 Å². The number of halogens is 2. The van der Waals surface area contributed by atoms with Crippen molar-refractivity contribution < 1.29 is 24.0 Å². The molecule has 230 valence electrons. The monoisotopic (exact) mass is 655 g/mol. The number of thiazole rings is 1. The Morgan fingerprint density at radius 1 is 1.14 bits per heavy atom. The summed E-state index contributed by atoms with van der Waals surface area (Å²) in [5.74, 6) is 0.252. The number of benzene rings is 2. The average molecular weight is 657 g/mol. The van der Waals surface area contributed by atoms with Gasteiger partial charge in [0, 0.05) is 47.3 Å². The van der Waals surface area contributed by atoms with Gasteiger partial charge in [-0.1, -0.05) is 45.8 Å². The number of rotatable bonds is 10. The summed E-state index contributed by atoms with van der Waals surface area (Å²) in [7, 11) is 1.54. The van der Waals surface area contributed by atoms with E-state index in [1.54, 1.807) is 19.2 Å². The molecule has 2 aromatic carbocycles. The van der Waals surface area contributed by atoms with E-state index in [0.717, 1.165) is 65.4 Å². The molecule has 10 nitrogen and oxygen atoms in total. The van der Waals surface area contributed by atoms with Crippen molar-refractivity contribution in [3.63, 3.8) is 0 Å². The van der Waals surface area contributed by atoms with Gasteiger partial charge in [0.15, 0.2) is 5.13 Å². The lowest BCUT2D eigenvalue weighted by molar-refractivity contribution is -0.135. The van der Waals surface area contributed by atoms with Gasteiger partial charge in [-0.3, -0.25) is 9.59 Å². The summed E-state index contributed by atoms with van der Waals surface area (Å²) >= 11 is 14.7. The molecule has 2 aromatic heterocycles. The third kappa shape index (κ3) is 5.51. The molecule has 4 heterocycles. The van der Waals surface area contributed by atoms with Crippen molar-refractivity contribution in [2.75, 3.05) is 18.6 Å². The minimum Gasteiger partial charge on any atom is -0.494 e. The van der Waals surface area contributed by atoms with Crippen LogP contribution >= 0.6 is 34.5 Å². The number of carboxylic acids is 1. The summed E-state index contributed by atoms with van der Waals surface area (Å²) in [5.41, 5.74) is 3.52. The van der Waals surface area contributed by atoms with E-state index < -0.39 is 18.4 Å². The summed E-state index contributed by atoms with van der Waals surface area (Å²) in [4.78, 5) is 30.9. The molecule has 0 spiro atoms. The average Bonchev–Trinajstić information content (AvgIpc) is 3.53. The molecule has 1 aliphatic carbocycles. The minimum atomic E-state index is -1.10. The van der Waals surface area contributed by atoms with Crippen molar-refractivity contribution in [3.8, 4) is 17.0 Å². The van der Waals surface area contributed by atoms with Gasteiger partial charge in [-0.15, -0.1) is 0 Å². The van der Waals surface area contributed by atoms with E-state index in [1.165, 1.54) is 11.3 Å². The number of piperidine rings is 1. The van der Waals surface area contributed by atoms with Crippen molar-refractivity contribution >= 4 is 61.8 Å². The summed E-state index contributed by atoms with van der Waals surface area (Å²) in [6.07, 6.45) is 6.31. The van der Waals surface area contributed by atoms with Crippen molar-refractivity contribution in [1.29, 1.82) is 0 Å². The number of aliphatic carboxylic acids is 1. The van der Waals surface area contributed by atoms with Gasteiger partial charge in [0.2, 0.25) is 0 Å². The van der Waals surface area contributed by atoms with Crippen LogP contribution in [0.3, 0.4) is 0 Å². The number of hydrogen-bond acceptors (Lipinski definition) is 9. The van der Waals surface area contributed by atoms with Crippen molar-refractivity contribution in [3.05, 3.63) is 57.3 Å². The maximum absolute atomic E-state index is 12.6. The highest BCUT2D eigenvalue weighted by Gasteiger charge is 2.42. The van der Waals surface area contributed by atoms with Crippen LogP contribution in [0, 0.1) is 0 Å². The first-order valence-corrected chi connectivity index (χ1v) is 16.3. The second-order valence-electron chi connectivity index (χ2n) is 11.7. The standard InChI is InChI=1S/C31H31Cl2N5O5S/c1-42-23-9-16(30(41)35-14-25(39)40)10-24-28(23)36-31(44-24)38-18-7-8-19(38)12-17(11-18)34-13-20-27(37-43-29(20)15-5-6-15)26-21(32)3-2-4-22(26)33/h2-4,9-10,15,17-19,34H,5-8,11-14H2,1H3,(H,35,41)(H,39,40). The topological polar surface area (TPSA) is 130 Å². The van der Waals surface area contributed by atoms with E-state index >= 15 is 0 Å². The van der Waals surface area contributed by atoms with Gasteiger partial charge in [-0.05, 0) is 62.8 Å². The Morgan fingerprint density at radius 2 is 1.86 bits per heavy atom. The summed E-state index contributed by atoms with van der Waals surface area (Å²) in [5, 5.41) is 21.6. The highest BCUT2D eigenvalue weighted by atomic mass is 35.5. The lowest BCUT2D eigenvalue weighted by atomic mass is 9.97. The molecular formula is C31H31Cl2N5O5S. The Kier molecular flexibility index (Phi) is 7.90. The number of amides is 1. The van der Waals surface area contributed by atoms with E-state index in [0.29, 0.717) is 63.0 Å². The zero-order chi connectivity index (χ0) is 30.5. The Morgan fingerprint density at radius 3 is 2.52 bits per heavy atom. The maximum atomic E-state index is 12.6. The molecule has 1 amide bonds. The molecule has 2 bridgehead atoms. The SMILES string of the molecule is COc1cc(C(=O)NCC(=O)O)cc2sc(N3C4CCC3CC(NCc3c(-c5c(Cl)cccc5Cl)noc3C3CC3)C4)nc12. The molecule has 3 aliphatic rings. The van der Waals surface area contributed by atoms with Crippen molar-refractivity contribution in [2.24, 2.45) is 0 Å². The molecule has 1 saturated carbocycles. The van der Waals surface area contributed by atoms with E-state index in [2.05, 4.69) is 20.7 Å². The normalized spacial score (nSPS) is 21.2. The molecule has 13 heteroatoms. The van der Waals surface area contributed by atoms with Crippen LogP contribution in [0.15, 0.2) is 34.9 Å². The largest absolute Gasteiger partial charge is 0.494 e. The van der Waals surface area contributed by atoms with Crippen LogP contribution in [0.5, 0.6) is 5.75 Å². The van der Waals surface area contributed by atoms with Crippen LogP contribution in [0.4, 0.5) is 5.13 Å². The van der Waals surface area contributed by atoms with Crippen LogP contribution in [0.2, 0.25) is 10.0 Å². The fraction of sp³-hybridized carbons (Fsp3) is 0.419. The zero-order valence-corrected chi connectivity index (χ0v) is 26.3. The van der Waals surface area contributed by atoms with Crippen LogP contribution in [-0.4, -0.2) is 58.9 Å². The third-order valence-corrected chi connectivity index (χ3v) is 10.5. The zero-order valence-electron chi connectivity index (χ0n) is 23.9. The van der Waals surface area contributed by atoms with Crippen LogP contribution < -0.4 is 20.3 Å². The summed E-state index contributed by atoms with van der Waals surface area (Å²) < 4.78 is 12.3. The molecule has 7 rings (SSSR count). The van der Waals surface area contributed by atoms with Crippen LogP contribution in [-0.2, 0) is 11.3 Å². The number of carbonyl (C=O) groups is 2. The Labute approximate surface area is 267 Å². The van der Waals surface area contributed by atoms with E-state index in [-0.39, 0.29) is 0 Å².